The fourth-order valence-electron chi connectivity index (χ4n) is 3.33. The highest BCUT2D eigenvalue weighted by atomic mass is 79.9. The number of halogens is 1. The highest BCUT2D eigenvalue weighted by molar-refractivity contribution is 9.09. The molecular weight excluding hydrogens is 438 g/mol. The Bertz CT molecular complexity index is 884. The Balaban J connectivity index is 1.96. The van der Waals surface area contributed by atoms with Crippen LogP contribution in [-0.2, 0) is 4.74 Å². The Morgan fingerprint density at radius 2 is 1.83 bits per heavy atom. The molecule has 3 rings (SSSR count). The Hall–Kier alpha value is -2.38. The predicted octanol–water partition coefficient (Wildman–Crippen LogP) is 4.80. The molecule has 0 amide bonds. The largest absolute Gasteiger partial charge is 0.504 e. The second-order valence-corrected chi connectivity index (χ2v) is 7.50. The monoisotopic (exact) mass is 463 g/mol. The molecule has 7 heteroatoms. The minimum absolute atomic E-state index is 0.156. The maximum atomic E-state index is 9.89. The number of aromatic hydroxyl groups is 2. The molecule has 1 aliphatic rings. The number of rotatable bonds is 9. The van der Waals surface area contributed by atoms with Crippen LogP contribution in [0.5, 0.6) is 23.0 Å². The lowest BCUT2D eigenvalue weighted by Crippen LogP contribution is -2.27. The first-order valence-corrected chi connectivity index (χ1v) is 10.6. The van der Waals surface area contributed by atoms with Crippen molar-refractivity contribution in [1.82, 2.24) is 5.32 Å². The molecule has 0 radical (unpaired) electrons. The molecular formula is C22H26BrNO5. The van der Waals surface area contributed by atoms with E-state index in [0.29, 0.717) is 18.1 Å². The Morgan fingerprint density at radius 1 is 1.00 bits per heavy atom. The zero-order chi connectivity index (χ0) is 20.8. The molecule has 2 aromatic carbocycles. The fourth-order valence-corrected chi connectivity index (χ4v) is 3.73. The third kappa shape index (κ3) is 4.79. The second kappa shape index (κ2) is 9.89. The van der Waals surface area contributed by atoms with E-state index in [4.69, 9.17) is 14.2 Å². The standard InChI is InChI=1S/C22H26BrNO5/c1-27-19-9-7-15-12-16(14-6-8-17(25)18(26)13-14)24-22(20(15)21(19)28-2)29-11-5-3-4-10-23/h6-9,12-13,22,24-26H,3-5,10-11H2,1-2H3. The van der Waals surface area contributed by atoms with Crippen LogP contribution in [-0.4, -0.2) is 36.4 Å². The van der Waals surface area contributed by atoms with E-state index in [-0.39, 0.29) is 11.5 Å². The normalized spacial score (nSPS) is 15.3. The Labute approximate surface area is 179 Å². The minimum Gasteiger partial charge on any atom is -0.504 e. The van der Waals surface area contributed by atoms with Crippen molar-refractivity contribution >= 4 is 27.7 Å². The summed E-state index contributed by atoms with van der Waals surface area (Å²) in [6.45, 7) is 0.596. The molecule has 0 aromatic heterocycles. The molecule has 2 aromatic rings. The molecule has 0 saturated carbocycles. The van der Waals surface area contributed by atoms with Gasteiger partial charge in [0.25, 0.3) is 0 Å². The van der Waals surface area contributed by atoms with Gasteiger partial charge in [0.1, 0.15) is 0 Å². The molecule has 1 atom stereocenters. The van der Waals surface area contributed by atoms with Gasteiger partial charge in [0, 0.05) is 23.2 Å². The second-order valence-electron chi connectivity index (χ2n) is 6.71. The van der Waals surface area contributed by atoms with Gasteiger partial charge < -0.3 is 29.7 Å². The quantitative estimate of drug-likeness (QED) is 0.281. The van der Waals surface area contributed by atoms with Gasteiger partial charge in [-0.15, -0.1) is 0 Å². The number of hydrogen-bond donors (Lipinski definition) is 3. The van der Waals surface area contributed by atoms with Crippen LogP contribution < -0.4 is 14.8 Å². The summed E-state index contributed by atoms with van der Waals surface area (Å²) in [6.07, 6.45) is 4.66. The summed E-state index contributed by atoms with van der Waals surface area (Å²) in [7, 11) is 3.22. The first kappa shape index (κ1) is 21.3. The smallest absolute Gasteiger partial charge is 0.169 e. The van der Waals surface area contributed by atoms with Crippen LogP contribution in [0.15, 0.2) is 30.3 Å². The van der Waals surface area contributed by atoms with Crippen LogP contribution in [0.4, 0.5) is 0 Å². The van der Waals surface area contributed by atoms with Crippen molar-refractivity contribution in [3.63, 3.8) is 0 Å². The molecule has 0 aliphatic carbocycles. The third-order valence-electron chi connectivity index (χ3n) is 4.82. The fraction of sp³-hybridized carbons (Fsp3) is 0.364. The predicted molar refractivity (Wildman–Crippen MR) is 117 cm³/mol. The number of methoxy groups -OCH3 is 2. The van der Waals surface area contributed by atoms with Crippen LogP contribution in [0.2, 0.25) is 0 Å². The minimum atomic E-state index is -0.435. The van der Waals surface area contributed by atoms with Crippen LogP contribution in [0.25, 0.3) is 11.8 Å². The van der Waals surface area contributed by atoms with E-state index in [0.717, 1.165) is 47.0 Å². The molecule has 0 fully saturated rings. The average molecular weight is 464 g/mol. The summed E-state index contributed by atoms with van der Waals surface area (Å²) in [4.78, 5) is 0. The van der Waals surface area contributed by atoms with Crippen molar-refractivity contribution in [3.8, 4) is 23.0 Å². The number of ether oxygens (including phenoxy) is 3. The molecule has 1 unspecified atom stereocenters. The molecule has 156 valence electrons. The van der Waals surface area contributed by atoms with Gasteiger partial charge in [0.05, 0.1) is 19.8 Å². The molecule has 3 N–H and O–H groups in total. The maximum absolute atomic E-state index is 9.89. The van der Waals surface area contributed by atoms with Gasteiger partial charge in [-0.25, -0.2) is 0 Å². The maximum Gasteiger partial charge on any atom is 0.169 e. The van der Waals surface area contributed by atoms with Crippen LogP contribution in [0, 0.1) is 0 Å². The summed E-state index contributed by atoms with van der Waals surface area (Å²) in [5, 5.41) is 23.9. The van der Waals surface area contributed by atoms with E-state index < -0.39 is 6.23 Å². The topological polar surface area (TPSA) is 80.2 Å². The van der Waals surface area contributed by atoms with Gasteiger partial charge in [-0.3, -0.25) is 0 Å². The van der Waals surface area contributed by atoms with Crippen molar-refractivity contribution in [2.45, 2.75) is 25.5 Å². The van der Waals surface area contributed by atoms with Gasteiger partial charge in [0.15, 0.2) is 29.2 Å². The van der Waals surface area contributed by atoms with E-state index >= 15 is 0 Å². The number of alkyl halides is 1. The summed E-state index contributed by atoms with van der Waals surface area (Å²) in [5.74, 6) is 0.944. The van der Waals surface area contributed by atoms with E-state index in [2.05, 4.69) is 21.2 Å². The summed E-state index contributed by atoms with van der Waals surface area (Å²) >= 11 is 3.45. The molecule has 0 spiro atoms. The van der Waals surface area contributed by atoms with Crippen molar-refractivity contribution in [3.05, 3.63) is 47.0 Å². The Kier molecular flexibility index (Phi) is 7.28. The average Bonchev–Trinajstić information content (AvgIpc) is 2.74. The molecule has 6 nitrogen and oxygen atoms in total. The molecule has 0 saturated heterocycles. The zero-order valence-electron chi connectivity index (χ0n) is 16.6. The van der Waals surface area contributed by atoms with Gasteiger partial charge in [-0.2, -0.15) is 0 Å². The third-order valence-corrected chi connectivity index (χ3v) is 5.38. The number of hydrogen-bond acceptors (Lipinski definition) is 6. The highest BCUT2D eigenvalue weighted by Gasteiger charge is 2.28. The lowest BCUT2D eigenvalue weighted by Gasteiger charge is -2.30. The van der Waals surface area contributed by atoms with E-state index in [1.165, 1.54) is 12.1 Å². The van der Waals surface area contributed by atoms with Gasteiger partial charge in [-0.1, -0.05) is 28.4 Å². The van der Waals surface area contributed by atoms with Crippen molar-refractivity contribution in [2.75, 3.05) is 26.2 Å². The lowest BCUT2D eigenvalue weighted by atomic mass is 9.96. The SMILES string of the molecule is COc1ccc2c(c1OC)C(OCCCCCBr)NC(c1ccc(O)c(O)c1)=C2. The van der Waals surface area contributed by atoms with Crippen LogP contribution in [0.3, 0.4) is 0 Å². The summed E-state index contributed by atoms with van der Waals surface area (Å²) in [6, 6.07) is 8.55. The molecule has 0 bridgehead atoms. The molecule has 1 heterocycles. The first-order chi connectivity index (χ1) is 14.1. The number of phenolic OH excluding ortho intramolecular Hbond substituents is 2. The summed E-state index contributed by atoms with van der Waals surface area (Å²) < 4.78 is 17.3. The van der Waals surface area contributed by atoms with Crippen molar-refractivity contribution in [1.29, 1.82) is 0 Å². The van der Waals surface area contributed by atoms with E-state index in [1.807, 2.05) is 18.2 Å². The van der Waals surface area contributed by atoms with Crippen molar-refractivity contribution < 1.29 is 24.4 Å². The van der Waals surface area contributed by atoms with Gasteiger partial charge in [-0.05, 0) is 48.7 Å². The summed E-state index contributed by atoms with van der Waals surface area (Å²) in [5.41, 5.74) is 3.34. The number of phenols is 2. The van der Waals surface area contributed by atoms with E-state index in [1.54, 1.807) is 20.3 Å². The van der Waals surface area contributed by atoms with Crippen molar-refractivity contribution in [2.24, 2.45) is 0 Å². The van der Waals surface area contributed by atoms with Crippen LogP contribution in [0.1, 0.15) is 42.2 Å². The van der Waals surface area contributed by atoms with E-state index in [9.17, 15) is 10.2 Å². The zero-order valence-corrected chi connectivity index (χ0v) is 18.2. The lowest BCUT2D eigenvalue weighted by molar-refractivity contribution is 0.0353. The molecule has 1 aliphatic heterocycles. The highest BCUT2D eigenvalue weighted by Crippen LogP contribution is 2.42. The molecule has 29 heavy (non-hydrogen) atoms. The van der Waals surface area contributed by atoms with Gasteiger partial charge >= 0.3 is 0 Å². The van der Waals surface area contributed by atoms with Gasteiger partial charge in [0.2, 0.25) is 0 Å². The Morgan fingerprint density at radius 3 is 2.52 bits per heavy atom. The number of benzene rings is 2. The van der Waals surface area contributed by atoms with Crippen LogP contribution >= 0.6 is 15.9 Å². The number of nitrogens with one attached hydrogen (secondary N) is 1. The first-order valence-electron chi connectivity index (χ1n) is 9.52. The number of unbranched alkanes of at least 4 members (excludes halogenated alkanes) is 2. The number of fused-ring (bicyclic) bond motifs is 1.